The third kappa shape index (κ3) is 5.31. The molecule has 3 aromatic rings. The van der Waals surface area contributed by atoms with Crippen LogP contribution in [0.1, 0.15) is 21.5 Å². The Hall–Kier alpha value is -3.65. The minimum atomic E-state index is -0.639. The van der Waals surface area contributed by atoms with Crippen LogP contribution in [-0.4, -0.2) is 53.7 Å². The minimum absolute atomic E-state index is 0.0427. The summed E-state index contributed by atoms with van der Waals surface area (Å²) in [6.45, 7) is 5.54. The van der Waals surface area contributed by atoms with Gasteiger partial charge in [-0.15, -0.1) is 0 Å². The van der Waals surface area contributed by atoms with Gasteiger partial charge in [0.25, 0.3) is 17.7 Å². The van der Waals surface area contributed by atoms with Crippen LogP contribution in [0.25, 0.3) is 0 Å². The van der Waals surface area contributed by atoms with E-state index in [1.807, 2.05) is 36.1 Å². The van der Waals surface area contributed by atoms with Crippen molar-refractivity contribution < 1.29 is 14.4 Å². The zero-order valence-corrected chi connectivity index (χ0v) is 22.3. The number of imide groups is 1. The van der Waals surface area contributed by atoms with Crippen LogP contribution in [0, 0.1) is 6.92 Å². The molecule has 194 valence electrons. The zero-order chi connectivity index (χ0) is 26.8. The van der Waals surface area contributed by atoms with Crippen LogP contribution in [0.3, 0.4) is 0 Å². The molecule has 0 aromatic heterocycles. The number of nitrogens with one attached hydrogen (secondary N) is 1. The van der Waals surface area contributed by atoms with E-state index in [4.69, 9.17) is 23.2 Å². The van der Waals surface area contributed by atoms with Gasteiger partial charge in [-0.3, -0.25) is 19.3 Å². The van der Waals surface area contributed by atoms with E-state index in [2.05, 4.69) is 22.3 Å². The smallest absolute Gasteiger partial charge is 0.283 e. The highest BCUT2D eigenvalue weighted by molar-refractivity contribution is 6.53. The molecule has 0 bridgehead atoms. The van der Waals surface area contributed by atoms with Crippen LogP contribution < -0.4 is 10.2 Å². The number of piperazine rings is 1. The Morgan fingerprint density at radius 3 is 2.32 bits per heavy atom. The van der Waals surface area contributed by atoms with E-state index >= 15 is 0 Å². The lowest BCUT2D eigenvalue weighted by Gasteiger charge is -2.35. The number of hydrogen-bond acceptors (Lipinski definition) is 5. The van der Waals surface area contributed by atoms with E-state index in [1.165, 1.54) is 11.6 Å². The molecule has 1 saturated heterocycles. The molecule has 38 heavy (non-hydrogen) atoms. The fraction of sp³-hybridized carbons (Fsp3) is 0.207. The molecule has 0 aliphatic carbocycles. The summed E-state index contributed by atoms with van der Waals surface area (Å²) in [5.41, 5.74) is 3.36. The fourth-order valence-corrected chi connectivity index (χ4v) is 5.02. The molecule has 2 aliphatic rings. The second-order valence-corrected chi connectivity index (χ2v) is 10.1. The Labute approximate surface area is 231 Å². The first-order valence-electron chi connectivity index (χ1n) is 12.3. The van der Waals surface area contributed by atoms with Gasteiger partial charge in [0.2, 0.25) is 0 Å². The number of carbonyl (C=O) groups is 3. The van der Waals surface area contributed by atoms with E-state index in [-0.39, 0.29) is 16.6 Å². The summed E-state index contributed by atoms with van der Waals surface area (Å²) >= 11 is 12.3. The Morgan fingerprint density at radius 2 is 1.61 bits per heavy atom. The Bertz CT molecular complexity index is 1430. The van der Waals surface area contributed by atoms with Gasteiger partial charge in [0, 0.05) is 49.0 Å². The summed E-state index contributed by atoms with van der Waals surface area (Å²) in [4.78, 5) is 44.4. The van der Waals surface area contributed by atoms with E-state index < -0.39 is 11.8 Å². The molecule has 0 unspecified atom stereocenters. The number of halogens is 2. The van der Waals surface area contributed by atoms with E-state index in [0.29, 0.717) is 35.1 Å². The second kappa shape index (κ2) is 11.0. The zero-order valence-electron chi connectivity index (χ0n) is 20.8. The molecule has 2 heterocycles. The molecular formula is C29H26Cl2N4O3. The van der Waals surface area contributed by atoms with Gasteiger partial charge in [0.1, 0.15) is 10.7 Å². The van der Waals surface area contributed by atoms with Gasteiger partial charge in [0.15, 0.2) is 0 Å². The largest absolute Gasteiger partial charge is 0.349 e. The first-order valence-corrected chi connectivity index (χ1v) is 13.0. The molecule has 0 atom stereocenters. The molecule has 0 radical (unpaired) electrons. The van der Waals surface area contributed by atoms with Crippen molar-refractivity contribution in [3.05, 3.63) is 105 Å². The molecular weight excluding hydrogens is 523 g/mol. The van der Waals surface area contributed by atoms with Gasteiger partial charge in [-0.25, -0.2) is 4.90 Å². The summed E-state index contributed by atoms with van der Waals surface area (Å²) < 4.78 is 0. The van der Waals surface area contributed by atoms with Crippen LogP contribution in [-0.2, 0) is 16.1 Å². The highest BCUT2D eigenvalue weighted by Gasteiger charge is 2.39. The standard InChI is InChI=1S/C29H26Cl2N4O3/c1-19-10-11-21(27(36)34-14-12-33(13-15-34)18-20-6-3-2-4-7-20)16-24(19)32-26-25(31)28(37)35(29(26)38)23-9-5-8-22(30)17-23/h2-11,16-17,32H,12-15,18H2,1H3. The Kier molecular flexibility index (Phi) is 7.51. The summed E-state index contributed by atoms with van der Waals surface area (Å²) in [7, 11) is 0. The lowest BCUT2D eigenvalue weighted by molar-refractivity contribution is -0.120. The Balaban J connectivity index is 1.28. The molecule has 9 heteroatoms. The number of carbonyl (C=O) groups excluding carboxylic acids is 3. The maximum absolute atomic E-state index is 13.3. The number of nitrogens with zero attached hydrogens (tertiary/aromatic N) is 3. The van der Waals surface area contributed by atoms with Gasteiger partial charge < -0.3 is 10.2 Å². The van der Waals surface area contributed by atoms with Gasteiger partial charge in [0.05, 0.1) is 5.69 Å². The molecule has 0 saturated carbocycles. The van der Waals surface area contributed by atoms with Crippen LogP contribution in [0.5, 0.6) is 0 Å². The first kappa shape index (κ1) is 26.0. The average Bonchev–Trinajstić information content (AvgIpc) is 3.13. The van der Waals surface area contributed by atoms with Crippen molar-refractivity contribution in [1.29, 1.82) is 0 Å². The molecule has 3 amide bonds. The van der Waals surface area contributed by atoms with Gasteiger partial charge >= 0.3 is 0 Å². The predicted molar refractivity (Wildman–Crippen MR) is 149 cm³/mol. The summed E-state index contributed by atoms with van der Waals surface area (Å²) in [5, 5.41) is 3.18. The maximum atomic E-state index is 13.3. The van der Waals surface area contributed by atoms with E-state index in [0.717, 1.165) is 30.1 Å². The fourth-order valence-electron chi connectivity index (χ4n) is 4.62. The molecule has 5 rings (SSSR count). The van der Waals surface area contributed by atoms with Crippen molar-refractivity contribution >= 4 is 52.3 Å². The normalized spacial score (nSPS) is 16.4. The van der Waals surface area contributed by atoms with Crippen molar-refractivity contribution in [3.8, 4) is 0 Å². The van der Waals surface area contributed by atoms with Crippen molar-refractivity contribution in [2.45, 2.75) is 13.5 Å². The first-order chi connectivity index (χ1) is 18.3. The molecule has 0 spiro atoms. The third-order valence-electron chi connectivity index (χ3n) is 6.75. The number of aryl methyl sites for hydroxylation is 1. The van der Waals surface area contributed by atoms with Crippen molar-refractivity contribution in [2.75, 3.05) is 36.4 Å². The summed E-state index contributed by atoms with van der Waals surface area (Å²) in [5.74, 6) is -1.31. The number of amides is 3. The van der Waals surface area contributed by atoms with Crippen LogP contribution in [0.2, 0.25) is 5.02 Å². The number of rotatable bonds is 6. The van der Waals surface area contributed by atoms with Gasteiger partial charge in [-0.05, 0) is 48.4 Å². The quantitative estimate of drug-likeness (QED) is 0.437. The topological polar surface area (TPSA) is 73.0 Å². The monoisotopic (exact) mass is 548 g/mol. The van der Waals surface area contributed by atoms with Crippen molar-refractivity contribution in [3.63, 3.8) is 0 Å². The number of benzene rings is 3. The molecule has 3 aromatic carbocycles. The van der Waals surface area contributed by atoms with Crippen molar-refractivity contribution in [2.24, 2.45) is 0 Å². The highest BCUT2D eigenvalue weighted by atomic mass is 35.5. The molecule has 1 fully saturated rings. The van der Waals surface area contributed by atoms with Crippen LogP contribution >= 0.6 is 23.2 Å². The highest BCUT2D eigenvalue weighted by Crippen LogP contribution is 2.32. The average molecular weight is 549 g/mol. The predicted octanol–water partition coefficient (Wildman–Crippen LogP) is 5.04. The Morgan fingerprint density at radius 1 is 0.868 bits per heavy atom. The van der Waals surface area contributed by atoms with E-state index in [9.17, 15) is 14.4 Å². The van der Waals surface area contributed by atoms with Gasteiger partial charge in [-0.1, -0.05) is 65.7 Å². The summed E-state index contributed by atoms with van der Waals surface area (Å²) in [6, 6.07) is 22.0. The lowest BCUT2D eigenvalue weighted by atomic mass is 10.1. The van der Waals surface area contributed by atoms with Crippen LogP contribution in [0.15, 0.2) is 83.5 Å². The molecule has 7 nitrogen and oxygen atoms in total. The second-order valence-electron chi connectivity index (χ2n) is 9.32. The summed E-state index contributed by atoms with van der Waals surface area (Å²) in [6.07, 6.45) is 0. The lowest BCUT2D eigenvalue weighted by Crippen LogP contribution is -2.48. The van der Waals surface area contributed by atoms with Crippen LogP contribution in [0.4, 0.5) is 11.4 Å². The number of hydrogen-bond donors (Lipinski definition) is 1. The number of anilines is 2. The van der Waals surface area contributed by atoms with Crippen molar-refractivity contribution in [1.82, 2.24) is 9.80 Å². The molecule has 1 N–H and O–H groups in total. The third-order valence-corrected chi connectivity index (χ3v) is 7.33. The van der Waals surface area contributed by atoms with Gasteiger partial charge in [-0.2, -0.15) is 0 Å². The maximum Gasteiger partial charge on any atom is 0.283 e. The van der Waals surface area contributed by atoms with E-state index in [1.54, 1.807) is 30.3 Å². The SMILES string of the molecule is Cc1ccc(C(=O)N2CCN(Cc3ccccc3)CC2)cc1NC1=C(Cl)C(=O)N(c2cccc(Cl)c2)C1=O. The molecule has 2 aliphatic heterocycles. The minimum Gasteiger partial charge on any atom is -0.349 e.